The molecule has 0 spiro atoms. The maximum atomic E-state index is 14.3. The van der Waals surface area contributed by atoms with Crippen LogP contribution in [0.1, 0.15) is 18.4 Å². The second-order valence-electron chi connectivity index (χ2n) is 4.88. The van der Waals surface area contributed by atoms with Crippen LogP contribution in [0.5, 0.6) is 0 Å². The van der Waals surface area contributed by atoms with E-state index >= 15 is 0 Å². The Kier molecular flexibility index (Phi) is 2.70. The molecule has 0 amide bonds. The summed E-state index contributed by atoms with van der Waals surface area (Å²) < 4.78 is 34.9. The van der Waals surface area contributed by atoms with E-state index in [1.807, 2.05) is 0 Å². The zero-order chi connectivity index (χ0) is 13.6. The molecule has 2 heterocycles. The summed E-state index contributed by atoms with van der Waals surface area (Å²) >= 11 is 0. The summed E-state index contributed by atoms with van der Waals surface area (Å²) in [7, 11) is 1.50. The predicted octanol–water partition coefficient (Wildman–Crippen LogP) is 1.98. The van der Waals surface area contributed by atoms with Crippen molar-refractivity contribution in [2.45, 2.75) is 24.8 Å². The molecule has 0 radical (unpaired) electrons. The maximum Gasteiger partial charge on any atom is 0.419 e. The molecule has 4 nitrogen and oxygen atoms in total. The zero-order valence-corrected chi connectivity index (χ0v) is 10.5. The number of halogens is 2. The largest absolute Gasteiger partial charge is 0.419 e. The molecule has 3 rings (SSSR count). The number of aromatic nitrogens is 1. The molecule has 1 aromatic carbocycles. The number of aryl methyl sites for hydroxylation is 1. The summed E-state index contributed by atoms with van der Waals surface area (Å²) in [6.45, 7) is 0.618. The third-order valence-electron chi connectivity index (χ3n) is 3.67. The van der Waals surface area contributed by atoms with Crippen molar-refractivity contribution < 1.29 is 13.2 Å². The molecule has 19 heavy (non-hydrogen) atoms. The molecule has 1 aliphatic heterocycles. The summed E-state index contributed by atoms with van der Waals surface area (Å²) in [5.74, 6) is -3.49. The highest BCUT2D eigenvalue weighted by Crippen LogP contribution is 2.36. The van der Waals surface area contributed by atoms with E-state index < -0.39 is 17.7 Å². The Bertz CT molecular complexity index is 669. The number of hydrogen-bond donors (Lipinski definition) is 1. The van der Waals surface area contributed by atoms with E-state index in [0.29, 0.717) is 24.1 Å². The summed E-state index contributed by atoms with van der Waals surface area (Å²) in [4.78, 5) is 11.4. The second kappa shape index (κ2) is 4.16. The Morgan fingerprint density at radius 1 is 1.47 bits per heavy atom. The van der Waals surface area contributed by atoms with Crippen LogP contribution >= 0.6 is 0 Å². The fourth-order valence-electron chi connectivity index (χ4n) is 2.53. The van der Waals surface area contributed by atoms with Gasteiger partial charge >= 0.3 is 5.76 Å². The minimum Gasteiger partial charge on any atom is -0.408 e. The van der Waals surface area contributed by atoms with E-state index in [4.69, 9.17) is 4.42 Å². The zero-order valence-electron chi connectivity index (χ0n) is 10.5. The molecular weight excluding hydrogens is 254 g/mol. The fraction of sp³-hybridized carbons (Fsp3) is 0.462. The van der Waals surface area contributed by atoms with Crippen LogP contribution in [-0.4, -0.2) is 17.2 Å². The molecule has 1 unspecified atom stereocenters. The average Bonchev–Trinajstić information content (AvgIpc) is 3.00. The first kappa shape index (κ1) is 12.3. The van der Waals surface area contributed by atoms with Crippen molar-refractivity contribution in [2.75, 3.05) is 6.54 Å². The van der Waals surface area contributed by atoms with Crippen LogP contribution in [0, 0.1) is 0 Å². The lowest BCUT2D eigenvalue weighted by Crippen LogP contribution is -2.38. The van der Waals surface area contributed by atoms with E-state index in [2.05, 4.69) is 5.32 Å². The summed E-state index contributed by atoms with van der Waals surface area (Å²) in [6.07, 6.45) is 1.21. The van der Waals surface area contributed by atoms with Crippen LogP contribution < -0.4 is 11.1 Å². The average molecular weight is 268 g/mol. The van der Waals surface area contributed by atoms with Crippen molar-refractivity contribution >= 4 is 11.1 Å². The Balaban J connectivity index is 2.09. The Morgan fingerprint density at radius 2 is 2.26 bits per heavy atom. The molecule has 1 atom stereocenters. The van der Waals surface area contributed by atoms with Crippen LogP contribution in [0.2, 0.25) is 0 Å². The number of benzene rings is 1. The molecule has 2 aromatic rings. The second-order valence-corrected chi connectivity index (χ2v) is 4.88. The fourth-order valence-corrected chi connectivity index (χ4v) is 2.53. The predicted molar refractivity (Wildman–Crippen MR) is 66.4 cm³/mol. The highest BCUT2D eigenvalue weighted by atomic mass is 19.3. The van der Waals surface area contributed by atoms with Crippen LogP contribution in [0.15, 0.2) is 27.4 Å². The molecule has 1 saturated heterocycles. The molecule has 0 bridgehead atoms. The minimum absolute atomic E-state index is 0.0872. The van der Waals surface area contributed by atoms with Crippen molar-refractivity contribution in [3.8, 4) is 0 Å². The van der Waals surface area contributed by atoms with E-state index in [9.17, 15) is 13.6 Å². The lowest BCUT2D eigenvalue weighted by Gasteiger charge is -2.23. The monoisotopic (exact) mass is 268 g/mol. The van der Waals surface area contributed by atoms with Gasteiger partial charge < -0.3 is 9.73 Å². The van der Waals surface area contributed by atoms with Gasteiger partial charge in [0.25, 0.3) is 5.92 Å². The summed E-state index contributed by atoms with van der Waals surface area (Å²) in [6, 6.07) is 3.24. The van der Waals surface area contributed by atoms with Gasteiger partial charge in [-0.3, -0.25) is 4.57 Å². The SMILES string of the molecule is Cn1c(=O)oc2ccc(C(F)(F)C3CCCN3)cc21. The first-order valence-electron chi connectivity index (χ1n) is 6.21. The number of oxazole rings is 1. The van der Waals surface area contributed by atoms with Gasteiger partial charge in [0.2, 0.25) is 0 Å². The van der Waals surface area contributed by atoms with E-state index in [0.717, 1.165) is 6.42 Å². The number of rotatable bonds is 2. The van der Waals surface area contributed by atoms with Gasteiger partial charge in [-0.1, -0.05) is 0 Å². The molecule has 102 valence electrons. The van der Waals surface area contributed by atoms with Crippen molar-refractivity contribution in [1.82, 2.24) is 9.88 Å². The number of alkyl halides is 2. The van der Waals surface area contributed by atoms with Gasteiger partial charge in [0.05, 0.1) is 11.6 Å². The number of fused-ring (bicyclic) bond motifs is 1. The van der Waals surface area contributed by atoms with Crippen LogP contribution in [0.4, 0.5) is 8.78 Å². The third kappa shape index (κ3) is 1.87. The van der Waals surface area contributed by atoms with Crippen LogP contribution in [0.25, 0.3) is 11.1 Å². The Labute approximate surface area is 108 Å². The van der Waals surface area contributed by atoms with Crippen LogP contribution in [0.3, 0.4) is 0 Å². The maximum absolute atomic E-state index is 14.3. The standard InChI is InChI=1S/C13H14F2N2O2/c1-17-9-7-8(4-5-10(9)19-12(17)18)13(14,15)11-3-2-6-16-11/h4-5,7,11,16H,2-3,6H2,1H3. The van der Waals surface area contributed by atoms with Crippen LogP contribution in [-0.2, 0) is 13.0 Å². The molecule has 0 aliphatic carbocycles. The molecule has 1 aliphatic rings. The molecular formula is C13H14F2N2O2. The number of hydrogen-bond acceptors (Lipinski definition) is 3. The Morgan fingerprint density at radius 3 is 2.95 bits per heavy atom. The molecule has 0 saturated carbocycles. The number of nitrogens with one attached hydrogen (secondary N) is 1. The smallest absolute Gasteiger partial charge is 0.408 e. The normalized spacial score (nSPS) is 20.3. The lowest BCUT2D eigenvalue weighted by molar-refractivity contribution is -0.0375. The van der Waals surface area contributed by atoms with Gasteiger partial charge in [-0.25, -0.2) is 4.79 Å². The Hall–Kier alpha value is -1.69. The summed E-state index contributed by atoms with van der Waals surface area (Å²) in [5.41, 5.74) is 0.627. The first-order valence-corrected chi connectivity index (χ1v) is 6.21. The lowest BCUT2D eigenvalue weighted by atomic mass is 9.99. The van der Waals surface area contributed by atoms with Crippen molar-refractivity contribution in [3.05, 3.63) is 34.3 Å². The van der Waals surface area contributed by atoms with E-state index in [1.165, 1.54) is 29.8 Å². The van der Waals surface area contributed by atoms with Gasteiger partial charge in [-0.05, 0) is 37.6 Å². The van der Waals surface area contributed by atoms with E-state index in [-0.39, 0.29) is 5.56 Å². The third-order valence-corrected chi connectivity index (χ3v) is 3.67. The van der Waals surface area contributed by atoms with Crippen molar-refractivity contribution in [3.63, 3.8) is 0 Å². The topological polar surface area (TPSA) is 47.2 Å². The van der Waals surface area contributed by atoms with Gasteiger partial charge in [0, 0.05) is 12.6 Å². The summed E-state index contributed by atoms with van der Waals surface area (Å²) in [5, 5.41) is 2.82. The van der Waals surface area contributed by atoms with Crippen molar-refractivity contribution in [1.29, 1.82) is 0 Å². The first-order chi connectivity index (χ1) is 9.00. The highest BCUT2D eigenvalue weighted by Gasteiger charge is 2.42. The van der Waals surface area contributed by atoms with Gasteiger partial charge in [-0.2, -0.15) is 8.78 Å². The van der Waals surface area contributed by atoms with Crippen molar-refractivity contribution in [2.24, 2.45) is 7.05 Å². The van der Waals surface area contributed by atoms with Gasteiger partial charge in [0.15, 0.2) is 5.58 Å². The number of nitrogens with zero attached hydrogens (tertiary/aromatic N) is 1. The minimum atomic E-state index is -2.95. The highest BCUT2D eigenvalue weighted by molar-refractivity contribution is 5.74. The van der Waals surface area contributed by atoms with E-state index in [1.54, 1.807) is 0 Å². The molecule has 1 N–H and O–H groups in total. The van der Waals surface area contributed by atoms with Gasteiger partial charge in [0.1, 0.15) is 0 Å². The van der Waals surface area contributed by atoms with Gasteiger partial charge in [-0.15, -0.1) is 0 Å². The molecule has 6 heteroatoms. The quantitative estimate of drug-likeness (QED) is 0.906. The molecule has 1 aromatic heterocycles. The molecule has 1 fully saturated rings.